The minimum Gasteiger partial charge on any atom is -0.214 e. The Morgan fingerprint density at radius 3 is 2.29 bits per heavy atom. The number of hydrogen-bond acceptors (Lipinski definition) is 3. The molecule has 1 aromatic heterocycles. The minimum atomic E-state index is -4.28. The van der Waals surface area contributed by atoms with E-state index in [1.807, 2.05) is 22.6 Å². The average molecular weight is 370 g/mol. The second kappa shape index (κ2) is 4.89. The van der Waals surface area contributed by atoms with E-state index in [-0.39, 0.29) is 0 Å². The first-order valence-electron chi connectivity index (χ1n) is 4.59. The summed E-state index contributed by atoms with van der Waals surface area (Å²) < 4.78 is 41.7. The van der Waals surface area contributed by atoms with Gasteiger partial charge < -0.3 is 0 Å². The lowest BCUT2D eigenvalue weighted by Crippen LogP contribution is -2.04. The number of hydrogen-bond donors (Lipinski definition) is 0. The molecular weight excluding hydrogens is 364 g/mol. The van der Waals surface area contributed by atoms with Gasteiger partial charge in [-0.2, -0.15) is 17.5 Å². The predicted molar refractivity (Wildman–Crippen MR) is 66.9 cm³/mol. The molecule has 90 valence electrons. The predicted octanol–water partition coefficient (Wildman–Crippen LogP) is 3.75. The van der Waals surface area contributed by atoms with Crippen molar-refractivity contribution in [1.29, 1.82) is 0 Å². The van der Waals surface area contributed by atoms with E-state index >= 15 is 0 Å². The molecule has 0 aliphatic carbocycles. The van der Waals surface area contributed by atoms with Gasteiger partial charge in [-0.15, -0.1) is 0 Å². The van der Waals surface area contributed by atoms with Crippen LogP contribution in [0.5, 0.6) is 0 Å². The Labute approximate surface area is 113 Å². The molecule has 7 heteroatoms. The summed E-state index contributed by atoms with van der Waals surface area (Å²) in [6.45, 7) is 0. The van der Waals surface area contributed by atoms with Crippen molar-refractivity contribution in [3.05, 3.63) is 44.2 Å². The molecule has 0 radical (unpaired) electrons. The number of benzene rings is 1. The molecule has 0 aliphatic rings. The Balaban J connectivity index is 2.13. The van der Waals surface area contributed by atoms with E-state index in [2.05, 4.69) is 9.36 Å². The average Bonchev–Trinajstić information content (AvgIpc) is 2.63. The Hall–Kier alpha value is -0.700. The van der Waals surface area contributed by atoms with Gasteiger partial charge in [-0.25, -0.2) is 4.98 Å². The third kappa shape index (κ3) is 3.38. The minimum absolute atomic E-state index is 0.513. The van der Waals surface area contributed by atoms with Gasteiger partial charge in [0, 0.05) is 29.0 Å². The zero-order valence-corrected chi connectivity index (χ0v) is 11.3. The van der Waals surface area contributed by atoms with Crippen LogP contribution in [0.3, 0.4) is 0 Å². The van der Waals surface area contributed by atoms with Gasteiger partial charge in [0.15, 0.2) is 0 Å². The molecule has 1 heterocycles. The van der Waals surface area contributed by atoms with E-state index in [9.17, 15) is 13.2 Å². The standard InChI is InChI=1S/C10H6F3IN2S/c11-10(12,13)7-3-1-6(2-4-7)5-8-15-9(14)16-17-8/h1-4H,5H2. The Morgan fingerprint density at radius 2 is 1.82 bits per heavy atom. The number of halogens is 4. The Kier molecular flexibility index (Phi) is 3.67. The van der Waals surface area contributed by atoms with Crippen LogP contribution in [0.1, 0.15) is 16.1 Å². The highest BCUT2D eigenvalue weighted by atomic mass is 127. The highest BCUT2D eigenvalue weighted by Crippen LogP contribution is 2.29. The molecular formula is C10H6F3IN2S. The normalized spacial score (nSPS) is 11.8. The van der Waals surface area contributed by atoms with Crippen LogP contribution in [0.15, 0.2) is 24.3 Å². The molecule has 0 unspecified atom stereocenters. The van der Waals surface area contributed by atoms with Crippen LogP contribution < -0.4 is 0 Å². The van der Waals surface area contributed by atoms with E-state index in [0.717, 1.165) is 22.7 Å². The van der Waals surface area contributed by atoms with Gasteiger partial charge in [0.2, 0.25) is 3.83 Å². The van der Waals surface area contributed by atoms with Crippen LogP contribution in [-0.4, -0.2) is 9.36 Å². The zero-order chi connectivity index (χ0) is 12.5. The van der Waals surface area contributed by atoms with Crippen molar-refractivity contribution >= 4 is 34.1 Å². The summed E-state index contributed by atoms with van der Waals surface area (Å²) in [5.74, 6) is 0. The Morgan fingerprint density at radius 1 is 1.18 bits per heavy atom. The molecule has 0 amide bonds. The third-order valence-corrected chi connectivity index (χ3v) is 3.60. The highest BCUT2D eigenvalue weighted by Gasteiger charge is 2.29. The highest BCUT2D eigenvalue weighted by molar-refractivity contribution is 14.1. The second-order valence-corrected chi connectivity index (χ2v) is 5.13. The smallest absolute Gasteiger partial charge is 0.214 e. The molecule has 0 aliphatic heterocycles. The van der Waals surface area contributed by atoms with E-state index in [1.54, 1.807) is 0 Å². The SMILES string of the molecule is FC(F)(F)c1ccc(Cc2nc(I)ns2)cc1. The molecule has 0 atom stereocenters. The lowest BCUT2D eigenvalue weighted by molar-refractivity contribution is -0.137. The maximum absolute atomic E-state index is 12.3. The first-order chi connectivity index (χ1) is 7.95. The van der Waals surface area contributed by atoms with Gasteiger partial charge >= 0.3 is 6.18 Å². The largest absolute Gasteiger partial charge is 0.416 e. The molecule has 2 aromatic rings. The lowest BCUT2D eigenvalue weighted by atomic mass is 10.1. The van der Waals surface area contributed by atoms with E-state index in [1.165, 1.54) is 23.7 Å². The number of nitrogens with zero attached hydrogens (tertiary/aromatic N) is 2. The van der Waals surface area contributed by atoms with Crippen LogP contribution in [0.4, 0.5) is 13.2 Å². The fraction of sp³-hybridized carbons (Fsp3) is 0.200. The zero-order valence-electron chi connectivity index (χ0n) is 8.33. The Bertz CT molecular complexity index is 507. The van der Waals surface area contributed by atoms with Crippen molar-refractivity contribution < 1.29 is 13.2 Å². The summed E-state index contributed by atoms with van der Waals surface area (Å²) >= 11 is 3.26. The molecule has 0 bridgehead atoms. The second-order valence-electron chi connectivity index (χ2n) is 3.33. The number of rotatable bonds is 2. The first-order valence-corrected chi connectivity index (χ1v) is 6.44. The molecule has 0 saturated heterocycles. The third-order valence-electron chi connectivity index (χ3n) is 2.08. The van der Waals surface area contributed by atoms with Crippen LogP contribution in [0.2, 0.25) is 0 Å². The summed E-state index contributed by atoms with van der Waals surface area (Å²) in [7, 11) is 0. The van der Waals surface area contributed by atoms with Crippen LogP contribution in [-0.2, 0) is 12.6 Å². The van der Waals surface area contributed by atoms with Gasteiger partial charge in [0.25, 0.3) is 0 Å². The van der Waals surface area contributed by atoms with E-state index in [0.29, 0.717) is 10.3 Å². The van der Waals surface area contributed by atoms with Crippen molar-refractivity contribution in [2.45, 2.75) is 12.6 Å². The fourth-order valence-electron chi connectivity index (χ4n) is 1.29. The topological polar surface area (TPSA) is 25.8 Å². The lowest BCUT2D eigenvalue weighted by Gasteiger charge is -2.06. The van der Waals surface area contributed by atoms with Crippen molar-refractivity contribution in [3.8, 4) is 0 Å². The molecule has 2 nitrogen and oxygen atoms in total. The van der Waals surface area contributed by atoms with Crippen molar-refractivity contribution in [2.24, 2.45) is 0 Å². The fourth-order valence-corrected chi connectivity index (χ4v) is 2.62. The number of alkyl halides is 3. The van der Waals surface area contributed by atoms with Crippen LogP contribution in [0.25, 0.3) is 0 Å². The molecule has 17 heavy (non-hydrogen) atoms. The van der Waals surface area contributed by atoms with Gasteiger partial charge in [0.05, 0.1) is 5.56 Å². The van der Waals surface area contributed by atoms with Crippen LogP contribution in [0, 0.1) is 3.83 Å². The summed E-state index contributed by atoms with van der Waals surface area (Å²) in [6.07, 6.45) is -3.77. The van der Waals surface area contributed by atoms with Crippen molar-refractivity contribution in [3.63, 3.8) is 0 Å². The summed E-state index contributed by atoms with van der Waals surface area (Å²) in [5, 5.41) is 0.800. The summed E-state index contributed by atoms with van der Waals surface area (Å²) in [4.78, 5) is 4.15. The van der Waals surface area contributed by atoms with Gasteiger partial charge in [-0.05, 0) is 29.2 Å². The summed E-state index contributed by atoms with van der Waals surface area (Å²) in [5.41, 5.74) is 0.165. The van der Waals surface area contributed by atoms with Gasteiger partial charge in [-0.3, -0.25) is 0 Å². The van der Waals surface area contributed by atoms with E-state index in [4.69, 9.17) is 0 Å². The molecule has 0 N–H and O–H groups in total. The maximum Gasteiger partial charge on any atom is 0.416 e. The number of aromatic nitrogens is 2. The van der Waals surface area contributed by atoms with Crippen LogP contribution >= 0.6 is 34.1 Å². The molecule has 1 aromatic carbocycles. The maximum atomic E-state index is 12.3. The van der Waals surface area contributed by atoms with Crippen molar-refractivity contribution in [2.75, 3.05) is 0 Å². The van der Waals surface area contributed by atoms with Gasteiger partial charge in [0.1, 0.15) is 5.01 Å². The van der Waals surface area contributed by atoms with Gasteiger partial charge in [-0.1, -0.05) is 12.1 Å². The first kappa shape index (κ1) is 12.7. The summed E-state index contributed by atoms with van der Waals surface area (Å²) in [6, 6.07) is 5.11. The molecule has 0 saturated carbocycles. The molecule has 0 fully saturated rings. The van der Waals surface area contributed by atoms with Crippen molar-refractivity contribution in [1.82, 2.24) is 9.36 Å². The monoisotopic (exact) mass is 370 g/mol. The van der Waals surface area contributed by atoms with E-state index < -0.39 is 11.7 Å². The quantitative estimate of drug-likeness (QED) is 0.753. The molecule has 0 spiro atoms. The molecule has 2 rings (SSSR count).